The number of nitrogens with one attached hydrogen (secondary N) is 1. The van der Waals surface area contributed by atoms with Gasteiger partial charge in [-0.1, -0.05) is 45.4 Å². The van der Waals surface area contributed by atoms with Crippen LogP contribution in [0.1, 0.15) is 77.6 Å². The number of aliphatic hydroxyl groups is 1. The van der Waals surface area contributed by atoms with Gasteiger partial charge in [-0.2, -0.15) is 0 Å². The number of carbonyl (C=O) groups is 2. The van der Waals surface area contributed by atoms with Crippen LogP contribution in [0, 0.1) is 11.3 Å². The largest absolute Gasteiger partial charge is 0.481 e. The third-order valence-electron chi connectivity index (χ3n) is 5.66. The summed E-state index contributed by atoms with van der Waals surface area (Å²) >= 11 is 0. The van der Waals surface area contributed by atoms with E-state index in [0.717, 1.165) is 57.8 Å². The van der Waals surface area contributed by atoms with E-state index < -0.39 is 17.3 Å². The standard InChI is InChI=1S/C20H37NO5/c1-3-4-5-6-9-17(15-22)21-19(25)20(11-7-8-12-20)14-16(18(23)24)10-13-26-2/h16-17,22H,3-15H2,1-2H3,(H,21,25)(H,23,24). The zero-order chi connectivity index (χ0) is 19.4. The molecule has 1 aliphatic carbocycles. The van der Waals surface area contributed by atoms with E-state index in [1.807, 2.05) is 0 Å². The molecular formula is C20H37NO5. The number of aliphatic hydroxyl groups excluding tert-OH is 1. The highest BCUT2D eigenvalue weighted by Gasteiger charge is 2.44. The van der Waals surface area contributed by atoms with Gasteiger partial charge in [0.15, 0.2) is 0 Å². The van der Waals surface area contributed by atoms with Crippen molar-refractivity contribution < 1.29 is 24.5 Å². The molecule has 0 spiro atoms. The second-order valence-corrected chi connectivity index (χ2v) is 7.71. The summed E-state index contributed by atoms with van der Waals surface area (Å²) < 4.78 is 5.03. The van der Waals surface area contributed by atoms with Crippen LogP contribution < -0.4 is 5.32 Å². The first-order valence-electron chi connectivity index (χ1n) is 10.1. The Bertz CT molecular complexity index is 420. The minimum absolute atomic E-state index is 0.0695. The van der Waals surface area contributed by atoms with E-state index in [4.69, 9.17) is 4.74 Å². The third-order valence-corrected chi connectivity index (χ3v) is 5.66. The Labute approximate surface area is 157 Å². The fraction of sp³-hybridized carbons (Fsp3) is 0.900. The molecule has 3 N–H and O–H groups in total. The Morgan fingerprint density at radius 1 is 1.15 bits per heavy atom. The maximum atomic E-state index is 13.0. The molecular weight excluding hydrogens is 334 g/mol. The summed E-state index contributed by atoms with van der Waals surface area (Å²) in [5.74, 6) is -1.51. The summed E-state index contributed by atoms with van der Waals surface area (Å²) in [4.78, 5) is 24.6. The first kappa shape index (κ1) is 22.9. The second kappa shape index (κ2) is 12.3. The topological polar surface area (TPSA) is 95.9 Å². The van der Waals surface area contributed by atoms with Gasteiger partial charge in [-0.05, 0) is 32.1 Å². The van der Waals surface area contributed by atoms with Crippen molar-refractivity contribution in [1.29, 1.82) is 0 Å². The number of carboxylic acid groups (broad SMARTS) is 1. The lowest BCUT2D eigenvalue weighted by molar-refractivity contribution is -0.145. The number of ether oxygens (including phenoxy) is 1. The zero-order valence-corrected chi connectivity index (χ0v) is 16.5. The van der Waals surface area contributed by atoms with Crippen molar-refractivity contribution in [1.82, 2.24) is 5.32 Å². The van der Waals surface area contributed by atoms with Crippen molar-refractivity contribution in [2.75, 3.05) is 20.3 Å². The molecule has 6 nitrogen and oxygen atoms in total. The molecule has 0 bridgehead atoms. The van der Waals surface area contributed by atoms with E-state index in [0.29, 0.717) is 19.4 Å². The molecule has 6 heteroatoms. The lowest BCUT2D eigenvalue weighted by atomic mass is 9.75. The quantitative estimate of drug-likeness (QED) is 0.408. The number of carboxylic acids is 1. The van der Waals surface area contributed by atoms with Crippen LogP contribution in [0.25, 0.3) is 0 Å². The molecule has 0 aromatic heterocycles. The number of aliphatic carboxylic acids is 1. The molecule has 0 saturated heterocycles. The predicted octanol–water partition coefficient (Wildman–Crippen LogP) is 3.12. The highest BCUT2D eigenvalue weighted by atomic mass is 16.5. The molecule has 1 fully saturated rings. The molecule has 0 radical (unpaired) electrons. The Hall–Kier alpha value is -1.14. The molecule has 1 aliphatic rings. The molecule has 152 valence electrons. The molecule has 0 aromatic rings. The Morgan fingerprint density at radius 2 is 1.85 bits per heavy atom. The molecule has 0 aliphatic heterocycles. The highest BCUT2D eigenvalue weighted by Crippen LogP contribution is 2.44. The first-order chi connectivity index (χ1) is 12.5. The number of hydrogen-bond donors (Lipinski definition) is 3. The highest BCUT2D eigenvalue weighted by molar-refractivity contribution is 5.84. The number of carbonyl (C=O) groups excluding carboxylic acids is 1. The van der Waals surface area contributed by atoms with Crippen molar-refractivity contribution in [3.63, 3.8) is 0 Å². The number of methoxy groups -OCH3 is 1. The van der Waals surface area contributed by atoms with E-state index in [-0.39, 0.29) is 18.6 Å². The Morgan fingerprint density at radius 3 is 2.38 bits per heavy atom. The van der Waals surface area contributed by atoms with Crippen LogP contribution in [0.2, 0.25) is 0 Å². The average molecular weight is 372 g/mol. The molecule has 2 unspecified atom stereocenters. The molecule has 1 amide bonds. The number of unbranched alkanes of at least 4 members (excludes halogenated alkanes) is 3. The Kier molecular flexibility index (Phi) is 10.8. The zero-order valence-electron chi connectivity index (χ0n) is 16.5. The smallest absolute Gasteiger partial charge is 0.306 e. The van der Waals surface area contributed by atoms with Gasteiger partial charge in [0.05, 0.1) is 24.0 Å². The van der Waals surface area contributed by atoms with Crippen molar-refractivity contribution >= 4 is 11.9 Å². The van der Waals surface area contributed by atoms with E-state index in [1.54, 1.807) is 7.11 Å². The molecule has 1 rings (SSSR count). The van der Waals surface area contributed by atoms with Crippen LogP contribution in [0.3, 0.4) is 0 Å². The van der Waals surface area contributed by atoms with E-state index in [1.165, 1.54) is 0 Å². The van der Waals surface area contributed by atoms with E-state index in [2.05, 4.69) is 12.2 Å². The average Bonchev–Trinajstić information content (AvgIpc) is 3.10. The van der Waals surface area contributed by atoms with Crippen LogP contribution in [0.5, 0.6) is 0 Å². The monoisotopic (exact) mass is 371 g/mol. The van der Waals surface area contributed by atoms with Gasteiger partial charge in [0.1, 0.15) is 0 Å². The van der Waals surface area contributed by atoms with Gasteiger partial charge in [0.2, 0.25) is 5.91 Å². The summed E-state index contributed by atoms with van der Waals surface area (Å²) in [5.41, 5.74) is -0.617. The van der Waals surface area contributed by atoms with Gasteiger partial charge in [0, 0.05) is 13.7 Å². The first-order valence-corrected chi connectivity index (χ1v) is 10.1. The van der Waals surface area contributed by atoms with Crippen molar-refractivity contribution in [2.45, 2.75) is 83.6 Å². The van der Waals surface area contributed by atoms with Gasteiger partial charge < -0.3 is 20.3 Å². The summed E-state index contributed by atoms with van der Waals surface area (Å²) in [6.45, 7) is 2.46. The van der Waals surface area contributed by atoms with Crippen LogP contribution in [-0.4, -0.2) is 48.5 Å². The molecule has 0 heterocycles. The normalized spacial score (nSPS) is 18.4. The SMILES string of the molecule is CCCCCCC(CO)NC(=O)C1(CC(CCOC)C(=O)O)CCCC1. The molecule has 1 saturated carbocycles. The summed E-state index contributed by atoms with van der Waals surface area (Å²) in [5, 5.41) is 22.2. The lowest BCUT2D eigenvalue weighted by Gasteiger charge is -2.32. The van der Waals surface area contributed by atoms with Crippen LogP contribution in [0.4, 0.5) is 0 Å². The van der Waals surface area contributed by atoms with Crippen LogP contribution >= 0.6 is 0 Å². The van der Waals surface area contributed by atoms with Crippen LogP contribution in [-0.2, 0) is 14.3 Å². The van der Waals surface area contributed by atoms with Gasteiger partial charge in [-0.3, -0.25) is 9.59 Å². The van der Waals surface area contributed by atoms with E-state index in [9.17, 15) is 19.8 Å². The maximum Gasteiger partial charge on any atom is 0.306 e. The van der Waals surface area contributed by atoms with Crippen LogP contribution in [0.15, 0.2) is 0 Å². The van der Waals surface area contributed by atoms with Crippen molar-refractivity contribution in [3.8, 4) is 0 Å². The second-order valence-electron chi connectivity index (χ2n) is 7.71. The predicted molar refractivity (Wildman–Crippen MR) is 101 cm³/mol. The maximum absolute atomic E-state index is 13.0. The van der Waals surface area contributed by atoms with E-state index >= 15 is 0 Å². The summed E-state index contributed by atoms with van der Waals surface area (Å²) in [7, 11) is 1.56. The fourth-order valence-electron chi connectivity index (χ4n) is 3.99. The summed E-state index contributed by atoms with van der Waals surface area (Å²) in [6.07, 6.45) is 9.29. The van der Waals surface area contributed by atoms with Crippen molar-refractivity contribution in [3.05, 3.63) is 0 Å². The fourth-order valence-corrected chi connectivity index (χ4v) is 3.99. The number of rotatable bonds is 14. The van der Waals surface area contributed by atoms with Gasteiger partial charge >= 0.3 is 5.97 Å². The molecule has 2 atom stereocenters. The lowest BCUT2D eigenvalue weighted by Crippen LogP contribution is -2.47. The van der Waals surface area contributed by atoms with Gasteiger partial charge in [-0.25, -0.2) is 0 Å². The van der Waals surface area contributed by atoms with Gasteiger partial charge in [0.25, 0.3) is 0 Å². The molecule has 26 heavy (non-hydrogen) atoms. The Balaban J connectivity index is 2.70. The third kappa shape index (κ3) is 7.23. The molecule has 0 aromatic carbocycles. The van der Waals surface area contributed by atoms with Gasteiger partial charge in [-0.15, -0.1) is 0 Å². The number of hydrogen-bond acceptors (Lipinski definition) is 4. The summed E-state index contributed by atoms with van der Waals surface area (Å²) in [6, 6.07) is -0.237. The minimum Gasteiger partial charge on any atom is -0.481 e. The minimum atomic E-state index is -0.862. The van der Waals surface area contributed by atoms with Crippen molar-refractivity contribution in [2.24, 2.45) is 11.3 Å². The number of amides is 1.